The van der Waals surface area contributed by atoms with Gasteiger partial charge in [0.15, 0.2) is 0 Å². The number of imidazole rings is 1. The average molecular weight is 250 g/mol. The van der Waals surface area contributed by atoms with Gasteiger partial charge >= 0.3 is 0 Å². The summed E-state index contributed by atoms with van der Waals surface area (Å²) >= 11 is 0. The van der Waals surface area contributed by atoms with E-state index >= 15 is 0 Å². The Morgan fingerprint density at radius 2 is 2.28 bits per heavy atom. The maximum Gasteiger partial charge on any atom is 0.239 e. The van der Waals surface area contributed by atoms with Crippen molar-refractivity contribution in [2.75, 3.05) is 6.54 Å². The maximum atomic E-state index is 11.6. The van der Waals surface area contributed by atoms with Crippen LogP contribution in [0.4, 0.5) is 0 Å². The van der Waals surface area contributed by atoms with Crippen molar-refractivity contribution >= 4 is 5.91 Å². The van der Waals surface area contributed by atoms with Gasteiger partial charge in [0.1, 0.15) is 5.54 Å². The summed E-state index contributed by atoms with van der Waals surface area (Å²) < 4.78 is 2.09. The van der Waals surface area contributed by atoms with E-state index in [1.54, 1.807) is 0 Å². The van der Waals surface area contributed by atoms with Gasteiger partial charge in [-0.1, -0.05) is 6.92 Å². The lowest BCUT2D eigenvalue weighted by atomic mass is 9.98. The van der Waals surface area contributed by atoms with Gasteiger partial charge in [-0.15, -0.1) is 0 Å². The summed E-state index contributed by atoms with van der Waals surface area (Å²) in [5.41, 5.74) is 7.26. The quantitative estimate of drug-likeness (QED) is 0.804. The molecule has 3 N–H and O–H groups in total. The molecule has 5 nitrogen and oxygen atoms in total. The van der Waals surface area contributed by atoms with Gasteiger partial charge in [0.05, 0.1) is 18.6 Å². The standard InChI is InChI=1S/C13H22N4O/c1-3-16-13(2,12(14)18)8-17-9-15-10-6-4-5-7-11(10)17/h9,16H,3-8H2,1-2H3,(H2,14,18). The number of hydrogen-bond acceptors (Lipinski definition) is 3. The first-order valence-corrected chi connectivity index (χ1v) is 6.64. The molecular formula is C13H22N4O. The molecule has 100 valence electrons. The number of carbonyl (C=O) groups is 1. The number of aromatic nitrogens is 2. The molecule has 1 atom stereocenters. The summed E-state index contributed by atoms with van der Waals surface area (Å²) in [7, 11) is 0. The first kappa shape index (κ1) is 13.1. The van der Waals surface area contributed by atoms with E-state index < -0.39 is 5.54 Å². The molecule has 18 heavy (non-hydrogen) atoms. The van der Waals surface area contributed by atoms with Gasteiger partial charge in [-0.3, -0.25) is 4.79 Å². The second kappa shape index (κ2) is 5.10. The monoisotopic (exact) mass is 250 g/mol. The lowest BCUT2D eigenvalue weighted by molar-refractivity contribution is -0.124. The third kappa shape index (κ3) is 2.41. The summed E-state index contributed by atoms with van der Waals surface area (Å²) in [6, 6.07) is 0. The number of fused-ring (bicyclic) bond motifs is 1. The predicted octanol–water partition coefficient (Wildman–Crippen LogP) is 0.615. The fraction of sp³-hybridized carbons (Fsp3) is 0.692. The van der Waals surface area contributed by atoms with Crippen LogP contribution in [-0.4, -0.2) is 27.5 Å². The normalized spacial score (nSPS) is 18.1. The molecule has 0 saturated heterocycles. The van der Waals surface area contributed by atoms with Crippen molar-refractivity contribution in [2.24, 2.45) is 5.73 Å². The van der Waals surface area contributed by atoms with Gasteiger partial charge < -0.3 is 15.6 Å². The van der Waals surface area contributed by atoms with E-state index in [4.69, 9.17) is 5.73 Å². The van der Waals surface area contributed by atoms with E-state index in [-0.39, 0.29) is 5.91 Å². The number of carbonyl (C=O) groups excluding carboxylic acids is 1. The zero-order valence-electron chi connectivity index (χ0n) is 11.2. The van der Waals surface area contributed by atoms with Crippen LogP contribution in [0.3, 0.4) is 0 Å². The molecule has 1 unspecified atom stereocenters. The van der Waals surface area contributed by atoms with Crippen LogP contribution in [0, 0.1) is 0 Å². The molecule has 5 heteroatoms. The molecule has 0 fully saturated rings. The molecule has 1 heterocycles. The molecule has 0 aliphatic heterocycles. The van der Waals surface area contributed by atoms with Crippen molar-refractivity contribution < 1.29 is 4.79 Å². The van der Waals surface area contributed by atoms with Crippen molar-refractivity contribution in [1.82, 2.24) is 14.9 Å². The van der Waals surface area contributed by atoms with Gasteiger partial charge in [-0.05, 0) is 39.2 Å². The van der Waals surface area contributed by atoms with Gasteiger partial charge in [0.2, 0.25) is 5.91 Å². The molecule has 0 bridgehead atoms. The number of hydrogen-bond donors (Lipinski definition) is 2. The Labute approximate surface area is 108 Å². The molecule has 2 rings (SSSR count). The Morgan fingerprint density at radius 3 is 2.94 bits per heavy atom. The van der Waals surface area contributed by atoms with Crippen LogP contribution in [0.5, 0.6) is 0 Å². The van der Waals surface area contributed by atoms with Crippen LogP contribution in [0.15, 0.2) is 6.33 Å². The Hall–Kier alpha value is -1.36. The molecule has 0 aromatic carbocycles. The number of rotatable bonds is 5. The Kier molecular flexibility index (Phi) is 3.71. The SMILES string of the molecule is CCNC(C)(Cn1cnc2c1CCCC2)C(N)=O. The van der Waals surface area contributed by atoms with Crippen LogP contribution in [0.2, 0.25) is 0 Å². The molecule has 0 saturated carbocycles. The summed E-state index contributed by atoms with van der Waals surface area (Å²) in [5, 5.41) is 3.18. The fourth-order valence-electron chi connectivity index (χ4n) is 2.62. The van der Waals surface area contributed by atoms with Gasteiger partial charge in [0.25, 0.3) is 0 Å². The van der Waals surface area contributed by atoms with Crippen molar-refractivity contribution in [3.8, 4) is 0 Å². The molecule has 1 aromatic rings. The molecule has 1 aliphatic rings. The third-order valence-electron chi connectivity index (χ3n) is 3.71. The van der Waals surface area contributed by atoms with Crippen LogP contribution in [0.25, 0.3) is 0 Å². The van der Waals surface area contributed by atoms with Crippen molar-refractivity contribution in [3.63, 3.8) is 0 Å². The lowest BCUT2D eigenvalue weighted by Gasteiger charge is -2.28. The number of nitrogens with zero attached hydrogens (tertiary/aromatic N) is 2. The molecule has 0 radical (unpaired) electrons. The van der Waals surface area contributed by atoms with Crippen LogP contribution >= 0.6 is 0 Å². The van der Waals surface area contributed by atoms with E-state index in [0.29, 0.717) is 6.54 Å². The number of aryl methyl sites for hydroxylation is 1. The zero-order valence-corrected chi connectivity index (χ0v) is 11.2. The second-order valence-electron chi connectivity index (χ2n) is 5.20. The zero-order chi connectivity index (χ0) is 13.2. The minimum Gasteiger partial charge on any atom is -0.368 e. The molecule has 1 amide bonds. The average Bonchev–Trinajstić information content (AvgIpc) is 2.73. The number of amides is 1. The van der Waals surface area contributed by atoms with E-state index in [1.165, 1.54) is 24.2 Å². The topological polar surface area (TPSA) is 72.9 Å². The van der Waals surface area contributed by atoms with Crippen molar-refractivity contribution in [3.05, 3.63) is 17.7 Å². The maximum absolute atomic E-state index is 11.6. The van der Waals surface area contributed by atoms with E-state index in [9.17, 15) is 4.79 Å². The highest BCUT2D eigenvalue weighted by atomic mass is 16.1. The van der Waals surface area contributed by atoms with E-state index in [1.807, 2.05) is 20.2 Å². The number of nitrogens with two attached hydrogens (primary N) is 1. The molecule has 0 spiro atoms. The van der Waals surface area contributed by atoms with Crippen LogP contribution in [-0.2, 0) is 24.2 Å². The van der Waals surface area contributed by atoms with Crippen molar-refractivity contribution in [2.45, 2.75) is 51.6 Å². The number of nitrogens with one attached hydrogen (secondary N) is 1. The molecule has 1 aromatic heterocycles. The molecule has 1 aliphatic carbocycles. The second-order valence-corrected chi connectivity index (χ2v) is 5.20. The first-order chi connectivity index (χ1) is 8.57. The third-order valence-corrected chi connectivity index (χ3v) is 3.71. The van der Waals surface area contributed by atoms with Gasteiger partial charge in [-0.2, -0.15) is 0 Å². The van der Waals surface area contributed by atoms with Crippen molar-refractivity contribution in [1.29, 1.82) is 0 Å². The first-order valence-electron chi connectivity index (χ1n) is 6.64. The largest absolute Gasteiger partial charge is 0.368 e. The van der Waals surface area contributed by atoms with E-state index in [2.05, 4.69) is 14.9 Å². The lowest BCUT2D eigenvalue weighted by Crippen LogP contribution is -2.55. The Bertz CT molecular complexity index is 440. The smallest absolute Gasteiger partial charge is 0.239 e. The Morgan fingerprint density at radius 1 is 1.56 bits per heavy atom. The van der Waals surface area contributed by atoms with Crippen LogP contribution < -0.4 is 11.1 Å². The molecular weight excluding hydrogens is 228 g/mol. The Balaban J connectivity index is 2.21. The highest BCUT2D eigenvalue weighted by Gasteiger charge is 2.31. The summed E-state index contributed by atoms with van der Waals surface area (Å²) in [6.45, 7) is 5.10. The van der Waals surface area contributed by atoms with E-state index in [0.717, 1.165) is 19.4 Å². The fourth-order valence-corrected chi connectivity index (χ4v) is 2.62. The highest BCUT2D eigenvalue weighted by molar-refractivity contribution is 5.84. The number of likely N-dealkylation sites (N-methyl/N-ethyl adjacent to an activating group) is 1. The predicted molar refractivity (Wildman–Crippen MR) is 70.1 cm³/mol. The summed E-state index contributed by atoms with van der Waals surface area (Å²) in [4.78, 5) is 16.1. The van der Waals surface area contributed by atoms with Gasteiger partial charge in [0, 0.05) is 5.69 Å². The minimum atomic E-state index is -0.708. The van der Waals surface area contributed by atoms with Gasteiger partial charge in [-0.25, -0.2) is 4.98 Å². The minimum absolute atomic E-state index is 0.317. The van der Waals surface area contributed by atoms with Crippen LogP contribution in [0.1, 0.15) is 38.1 Å². The highest BCUT2D eigenvalue weighted by Crippen LogP contribution is 2.21. The summed E-state index contributed by atoms with van der Waals surface area (Å²) in [5.74, 6) is -0.317. The summed E-state index contributed by atoms with van der Waals surface area (Å²) in [6.07, 6.45) is 6.36. The number of primary amides is 1.